The molecule has 2 aromatic heterocycles. The first kappa shape index (κ1) is 25.2. The van der Waals surface area contributed by atoms with E-state index in [0.717, 1.165) is 12.3 Å². The zero-order valence-electron chi connectivity index (χ0n) is 19.3. The van der Waals surface area contributed by atoms with Gasteiger partial charge in [0, 0.05) is 42.2 Å². The molecular weight excluding hydrogens is 491 g/mol. The molecule has 4 rings (SSSR count). The molecule has 2 atom stereocenters. The molecule has 0 saturated heterocycles. The molecule has 2 heterocycles. The molecule has 12 heteroatoms. The molecule has 0 aliphatic rings. The van der Waals surface area contributed by atoms with Gasteiger partial charge in [-0.1, -0.05) is 18.2 Å². The van der Waals surface area contributed by atoms with E-state index >= 15 is 0 Å². The Bertz CT molecular complexity index is 1490. The van der Waals surface area contributed by atoms with Crippen molar-refractivity contribution in [3.05, 3.63) is 106 Å². The van der Waals surface area contributed by atoms with Crippen LogP contribution < -0.4 is 16.2 Å². The summed E-state index contributed by atoms with van der Waals surface area (Å²) in [7, 11) is -3.06. The zero-order chi connectivity index (χ0) is 25.9. The van der Waals surface area contributed by atoms with Crippen LogP contribution in [0.1, 0.15) is 34.5 Å². The maximum atomic E-state index is 14.8. The number of carbonyl (C=O) groups excluding carboxylic acids is 1. The van der Waals surface area contributed by atoms with Gasteiger partial charge in [-0.2, -0.15) is 5.10 Å². The fourth-order valence-electron chi connectivity index (χ4n) is 3.60. The molecule has 9 nitrogen and oxygen atoms in total. The van der Waals surface area contributed by atoms with Crippen molar-refractivity contribution in [2.45, 2.75) is 13.0 Å². The van der Waals surface area contributed by atoms with E-state index in [4.69, 9.17) is 4.52 Å². The highest BCUT2D eigenvalue weighted by Crippen LogP contribution is 2.41. The van der Waals surface area contributed by atoms with Crippen molar-refractivity contribution >= 4 is 18.6 Å². The normalized spacial score (nSPS) is 13.7. The smallest absolute Gasteiger partial charge is 0.265 e. The summed E-state index contributed by atoms with van der Waals surface area (Å²) < 4.78 is 47.7. The van der Waals surface area contributed by atoms with Gasteiger partial charge in [0.05, 0.1) is 12.6 Å². The SMILES string of the molecule is CCOP(C)(=O)c1ccc(C(NC(=O)c2cnc(-n3cccn3)[nH]c2=O)c2ccc(F)cc2F)cc1. The largest absolute Gasteiger partial charge is 0.341 e. The van der Waals surface area contributed by atoms with Crippen LogP contribution in [0.3, 0.4) is 0 Å². The minimum absolute atomic E-state index is 0.0282. The molecule has 0 radical (unpaired) electrons. The lowest BCUT2D eigenvalue weighted by molar-refractivity contribution is 0.0940. The number of carbonyl (C=O) groups is 1. The van der Waals surface area contributed by atoms with Gasteiger partial charge in [-0.05, 0) is 36.8 Å². The summed E-state index contributed by atoms with van der Waals surface area (Å²) >= 11 is 0. The summed E-state index contributed by atoms with van der Waals surface area (Å²) in [4.78, 5) is 32.2. The van der Waals surface area contributed by atoms with Crippen LogP contribution in [0.4, 0.5) is 8.78 Å². The van der Waals surface area contributed by atoms with E-state index in [-0.39, 0.29) is 23.7 Å². The number of hydrogen-bond acceptors (Lipinski definition) is 6. The lowest BCUT2D eigenvalue weighted by atomic mass is 9.97. The molecule has 0 bridgehead atoms. The second-order valence-corrected chi connectivity index (χ2v) is 10.3. The van der Waals surface area contributed by atoms with Crippen molar-refractivity contribution in [1.82, 2.24) is 25.1 Å². The Labute approximate surface area is 204 Å². The molecule has 186 valence electrons. The maximum absolute atomic E-state index is 14.8. The number of H-pyrrole nitrogens is 1. The van der Waals surface area contributed by atoms with Crippen LogP contribution in [0.25, 0.3) is 5.95 Å². The summed E-state index contributed by atoms with van der Waals surface area (Å²) in [5, 5.41) is 7.02. The average Bonchev–Trinajstić information content (AvgIpc) is 3.38. The van der Waals surface area contributed by atoms with Gasteiger partial charge in [-0.3, -0.25) is 19.1 Å². The van der Waals surface area contributed by atoms with Crippen LogP contribution in [0.2, 0.25) is 0 Å². The van der Waals surface area contributed by atoms with Crippen LogP contribution in [-0.2, 0) is 9.09 Å². The van der Waals surface area contributed by atoms with Crippen LogP contribution in [0.5, 0.6) is 0 Å². The minimum Gasteiger partial charge on any atom is -0.341 e. The number of nitrogens with zero attached hydrogens (tertiary/aromatic N) is 3. The minimum atomic E-state index is -3.06. The highest BCUT2D eigenvalue weighted by atomic mass is 31.2. The van der Waals surface area contributed by atoms with E-state index in [9.17, 15) is 22.9 Å². The molecule has 0 saturated carbocycles. The maximum Gasteiger partial charge on any atom is 0.265 e. The van der Waals surface area contributed by atoms with Gasteiger partial charge in [0.2, 0.25) is 13.3 Å². The van der Waals surface area contributed by atoms with Crippen LogP contribution in [0, 0.1) is 11.6 Å². The highest BCUT2D eigenvalue weighted by Gasteiger charge is 2.25. The molecule has 1 amide bonds. The Morgan fingerprint density at radius 3 is 2.58 bits per heavy atom. The molecule has 0 spiro atoms. The fraction of sp³-hybridized carbons (Fsp3) is 0.167. The van der Waals surface area contributed by atoms with Crippen LogP contribution in [-0.4, -0.2) is 38.9 Å². The van der Waals surface area contributed by atoms with Crippen LogP contribution in [0.15, 0.2) is 71.9 Å². The molecule has 0 aliphatic carbocycles. The quantitative estimate of drug-likeness (QED) is 0.349. The lowest BCUT2D eigenvalue weighted by Crippen LogP contribution is -2.34. The van der Waals surface area contributed by atoms with Crippen molar-refractivity contribution in [2.24, 2.45) is 0 Å². The third-order valence-corrected chi connectivity index (χ3v) is 7.36. The summed E-state index contributed by atoms with van der Waals surface area (Å²) in [6.45, 7) is 3.47. The Hall–Kier alpha value is -3.95. The van der Waals surface area contributed by atoms with E-state index in [1.54, 1.807) is 43.5 Å². The first-order valence-corrected chi connectivity index (χ1v) is 12.9. The summed E-state index contributed by atoms with van der Waals surface area (Å²) in [5.74, 6) is -2.39. The molecule has 0 fully saturated rings. The fourth-order valence-corrected chi connectivity index (χ4v) is 4.93. The van der Waals surface area contributed by atoms with E-state index in [0.29, 0.717) is 16.9 Å². The first-order valence-electron chi connectivity index (χ1n) is 10.9. The Kier molecular flexibility index (Phi) is 7.23. The Balaban J connectivity index is 1.69. The van der Waals surface area contributed by atoms with E-state index < -0.39 is 36.5 Å². The third-order valence-electron chi connectivity index (χ3n) is 5.37. The van der Waals surface area contributed by atoms with Gasteiger partial charge < -0.3 is 9.84 Å². The molecule has 2 aromatic carbocycles. The molecule has 36 heavy (non-hydrogen) atoms. The molecular formula is C24H22F2N5O4P. The van der Waals surface area contributed by atoms with Crippen molar-refractivity contribution in [1.29, 1.82) is 0 Å². The molecule has 2 N–H and O–H groups in total. The number of halogens is 2. The second-order valence-electron chi connectivity index (χ2n) is 7.83. The Morgan fingerprint density at radius 1 is 1.22 bits per heavy atom. The third kappa shape index (κ3) is 5.32. The van der Waals surface area contributed by atoms with Crippen molar-refractivity contribution in [3.63, 3.8) is 0 Å². The predicted molar refractivity (Wildman–Crippen MR) is 129 cm³/mol. The van der Waals surface area contributed by atoms with Crippen molar-refractivity contribution < 1.29 is 22.7 Å². The van der Waals surface area contributed by atoms with Gasteiger partial charge in [0.25, 0.3) is 11.5 Å². The summed E-state index contributed by atoms with van der Waals surface area (Å²) in [5.41, 5.74) is -0.666. The molecule has 0 aliphatic heterocycles. The topological polar surface area (TPSA) is 119 Å². The lowest BCUT2D eigenvalue weighted by Gasteiger charge is -2.21. The Morgan fingerprint density at radius 2 is 1.97 bits per heavy atom. The number of aromatic nitrogens is 4. The number of amides is 1. The van der Waals surface area contributed by atoms with Crippen molar-refractivity contribution in [3.8, 4) is 5.95 Å². The number of rotatable bonds is 8. The van der Waals surface area contributed by atoms with Gasteiger partial charge in [-0.25, -0.2) is 18.4 Å². The first-order chi connectivity index (χ1) is 17.2. The summed E-state index contributed by atoms with van der Waals surface area (Å²) in [6.07, 6.45) is 4.15. The van der Waals surface area contributed by atoms with Gasteiger partial charge >= 0.3 is 0 Å². The number of benzene rings is 2. The highest BCUT2D eigenvalue weighted by molar-refractivity contribution is 7.66. The number of nitrogens with one attached hydrogen (secondary N) is 2. The monoisotopic (exact) mass is 513 g/mol. The molecule has 4 aromatic rings. The zero-order valence-corrected chi connectivity index (χ0v) is 20.2. The number of aromatic amines is 1. The van der Waals surface area contributed by atoms with E-state index in [2.05, 4.69) is 20.4 Å². The van der Waals surface area contributed by atoms with Crippen LogP contribution >= 0.6 is 7.37 Å². The predicted octanol–water partition coefficient (Wildman–Crippen LogP) is 3.32. The standard InChI is InChI=1S/C24H22F2N5O4P/c1-3-35-36(2,34)17-8-5-15(6-9-17)21(18-10-7-16(25)13-20(18)26)29-22(32)19-14-27-24(30-23(19)33)31-12-4-11-28-31/h4-14,21H,3H2,1-2H3,(H,29,32)(H,27,30,33). The summed E-state index contributed by atoms with van der Waals surface area (Å²) in [6, 6.07) is 9.74. The van der Waals surface area contributed by atoms with E-state index in [1.807, 2.05) is 0 Å². The van der Waals surface area contributed by atoms with Gasteiger partial charge in [0.1, 0.15) is 17.2 Å². The van der Waals surface area contributed by atoms with Gasteiger partial charge in [0.15, 0.2) is 0 Å². The number of hydrogen-bond donors (Lipinski definition) is 2. The van der Waals surface area contributed by atoms with Crippen molar-refractivity contribution in [2.75, 3.05) is 13.3 Å². The second kappa shape index (κ2) is 10.3. The van der Waals surface area contributed by atoms with E-state index in [1.165, 1.54) is 23.6 Å². The average molecular weight is 513 g/mol. The molecule has 2 unspecified atom stereocenters. The van der Waals surface area contributed by atoms with Gasteiger partial charge in [-0.15, -0.1) is 0 Å².